The van der Waals surface area contributed by atoms with E-state index >= 15 is 0 Å². The number of carbonyl (C=O) groups excluding carboxylic acids is 1. The summed E-state index contributed by atoms with van der Waals surface area (Å²) in [4.78, 5) is 13.8. The van der Waals surface area contributed by atoms with Crippen LogP contribution in [0.1, 0.15) is 11.3 Å². The fourth-order valence-electron chi connectivity index (χ4n) is 1.65. The maximum absolute atomic E-state index is 11.1. The third-order valence-electron chi connectivity index (χ3n) is 2.59. The van der Waals surface area contributed by atoms with E-state index in [0.29, 0.717) is 17.7 Å². The summed E-state index contributed by atoms with van der Waals surface area (Å²) in [5.41, 5.74) is 10.2. The van der Waals surface area contributed by atoms with Gasteiger partial charge in [-0.1, -0.05) is 35.5 Å². The number of allylic oxidation sites excluding steroid dienone is 2. The summed E-state index contributed by atoms with van der Waals surface area (Å²) in [6.45, 7) is 0. The number of nitrogens with zero attached hydrogens (tertiary/aromatic N) is 3. The Bertz CT molecular complexity index is 621. The second-order valence-electron chi connectivity index (χ2n) is 3.80. The number of rotatable bonds is 5. The molecule has 0 spiro atoms. The molecule has 0 aliphatic rings. The van der Waals surface area contributed by atoms with Gasteiger partial charge >= 0.3 is 0 Å². The van der Waals surface area contributed by atoms with Crippen molar-refractivity contribution < 1.29 is 9.21 Å². The standard InChI is InChI=1S/C14H11N3O2/c15-17-16-13-6-3-11(4-7-13)12(10-18)5-8-14-2-1-9-19-14/h1-7,9-10H,8H2. The van der Waals surface area contributed by atoms with Gasteiger partial charge in [0, 0.05) is 22.6 Å². The quantitative estimate of drug-likeness (QED) is 0.265. The van der Waals surface area contributed by atoms with E-state index in [1.807, 2.05) is 6.07 Å². The molecule has 1 aromatic heterocycles. The minimum Gasteiger partial charge on any atom is -0.469 e. The van der Waals surface area contributed by atoms with E-state index in [1.54, 1.807) is 42.7 Å². The van der Waals surface area contributed by atoms with Crippen molar-refractivity contribution in [1.29, 1.82) is 0 Å². The molecule has 0 radical (unpaired) electrons. The Kier molecular flexibility index (Phi) is 4.16. The minimum atomic E-state index is 0.516. The molecule has 5 heteroatoms. The van der Waals surface area contributed by atoms with Crippen molar-refractivity contribution in [2.45, 2.75) is 6.42 Å². The zero-order valence-electron chi connectivity index (χ0n) is 10.1. The zero-order valence-corrected chi connectivity index (χ0v) is 10.1. The molecule has 2 rings (SSSR count). The Balaban J connectivity index is 2.19. The van der Waals surface area contributed by atoms with Crippen LogP contribution in [0.25, 0.3) is 16.0 Å². The molecule has 1 aromatic carbocycles. The summed E-state index contributed by atoms with van der Waals surface area (Å²) in [6.07, 6.45) is 4.75. The second kappa shape index (κ2) is 6.23. The lowest BCUT2D eigenvalue weighted by molar-refractivity contribution is -0.103. The Morgan fingerprint density at radius 1 is 1.32 bits per heavy atom. The Morgan fingerprint density at radius 2 is 2.11 bits per heavy atom. The van der Waals surface area contributed by atoms with Gasteiger partial charge in [-0.25, -0.2) is 0 Å². The Morgan fingerprint density at radius 3 is 2.68 bits per heavy atom. The smallest absolute Gasteiger partial charge is 0.150 e. The number of carbonyl (C=O) groups is 1. The molecule has 0 saturated carbocycles. The van der Waals surface area contributed by atoms with Crippen molar-refractivity contribution in [2.24, 2.45) is 5.11 Å². The monoisotopic (exact) mass is 253 g/mol. The largest absolute Gasteiger partial charge is 0.469 e. The molecule has 0 fully saturated rings. The first-order valence-electron chi connectivity index (χ1n) is 5.66. The van der Waals surface area contributed by atoms with Crippen LogP contribution in [0.2, 0.25) is 0 Å². The number of benzene rings is 1. The first-order chi connectivity index (χ1) is 9.33. The predicted octanol–water partition coefficient (Wildman–Crippen LogP) is 4.05. The molecule has 0 saturated heterocycles. The molecule has 1 heterocycles. The van der Waals surface area contributed by atoms with Crippen molar-refractivity contribution in [3.05, 3.63) is 70.5 Å². The highest BCUT2D eigenvalue weighted by Gasteiger charge is 2.01. The van der Waals surface area contributed by atoms with Crippen LogP contribution in [0.3, 0.4) is 0 Å². The lowest BCUT2D eigenvalue weighted by Crippen LogP contribution is -1.87. The van der Waals surface area contributed by atoms with Crippen LogP contribution in [0.15, 0.2) is 58.3 Å². The third-order valence-corrected chi connectivity index (χ3v) is 2.59. The van der Waals surface area contributed by atoms with Gasteiger partial charge in [0.15, 0.2) is 0 Å². The van der Waals surface area contributed by atoms with Crippen LogP contribution >= 0.6 is 0 Å². The SMILES string of the molecule is [N-]=[N+]=Nc1ccc(C(C=O)=CCc2ccco2)cc1. The maximum atomic E-state index is 11.1. The maximum Gasteiger partial charge on any atom is 0.150 e. The third kappa shape index (κ3) is 3.34. The molecule has 94 valence electrons. The second-order valence-corrected chi connectivity index (χ2v) is 3.80. The molecule has 2 aromatic rings. The molecule has 19 heavy (non-hydrogen) atoms. The first kappa shape index (κ1) is 12.7. The molecule has 0 N–H and O–H groups in total. The molecule has 5 nitrogen and oxygen atoms in total. The van der Waals surface area contributed by atoms with Gasteiger partial charge in [0.25, 0.3) is 0 Å². The van der Waals surface area contributed by atoms with Crippen LogP contribution in [0.4, 0.5) is 5.69 Å². The molecule has 0 amide bonds. The molecular weight excluding hydrogens is 242 g/mol. The topological polar surface area (TPSA) is 79.0 Å². The summed E-state index contributed by atoms with van der Waals surface area (Å²) in [5, 5.41) is 3.48. The van der Waals surface area contributed by atoms with Gasteiger partial charge in [-0.05, 0) is 23.2 Å². The lowest BCUT2D eigenvalue weighted by atomic mass is 10.1. The van der Waals surface area contributed by atoms with Gasteiger partial charge < -0.3 is 4.42 Å². The summed E-state index contributed by atoms with van der Waals surface area (Å²) in [6, 6.07) is 10.5. The Hall–Kier alpha value is -2.78. The summed E-state index contributed by atoms with van der Waals surface area (Å²) in [5.74, 6) is 0.796. The van der Waals surface area contributed by atoms with E-state index < -0.39 is 0 Å². The highest BCUT2D eigenvalue weighted by molar-refractivity contribution is 6.06. The van der Waals surface area contributed by atoms with Crippen LogP contribution < -0.4 is 0 Å². The first-order valence-corrected chi connectivity index (χ1v) is 5.66. The summed E-state index contributed by atoms with van der Waals surface area (Å²) in [7, 11) is 0. The number of furan rings is 1. The minimum absolute atomic E-state index is 0.516. The van der Waals surface area contributed by atoms with E-state index in [9.17, 15) is 4.79 Å². The number of hydrogen-bond acceptors (Lipinski definition) is 3. The molecule has 0 atom stereocenters. The molecule has 0 aliphatic carbocycles. The van der Waals surface area contributed by atoms with Gasteiger partial charge in [-0.2, -0.15) is 0 Å². The number of azide groups is 1. The average Bonchev–Trinajstić information content (AvgIpc) is 2.95. The van der Waals surface area contributed by atoms with Crippen molar-refractivity contribution in [2.75, 3.05) is 0 Å². The summed E-state index contributed by atoms with van der Waals surface area (Å²) >= 11 is 0. The fourth-order valence-corrected chi connectivity index (χ4v) is 1.65. The summed E-state index contributed by atoms with van der Waals surface area (Å²) < 4.78 is 5.20. The molecular formula is C14H11N3O2. The highest BCUT2D eigenvalue weighted by Crippen LogP contribution is 2.19. The van der Waals surface area contributed by atoms with Crippen molar-refractivity contribution in [3.8, 4) is 0 Å². The van der Waals surface area contributed by atoms with E-state index in [2.05, 4.69) is 10.0 Å². The zero-order chi connectivity index (χ0) is 13.5. The van der Waals surface area contributed by atoms with Gasteiger partial charge in [0.1, 0.15) is 12.0 Å². The van der Waals surface area contributed by atoms with Gasteiger partial charge in [0.2, 0.25) is 0 Å². The van der Waals surface area contributed by atoms with E-state index in [0.717, 1.165) is 17.6 Å². The molecule has 0 aliphatic heterocycles. The average molecular weight is 253 g/mol. The van der Waals surface area contributed by atoms with E-state index in [1.165, 1.54) is 0 Å². The molecule has 0 unspecified atom stereocenters. The lowest BCUT2D eigenvalue weighted by Gasteiger charge is -2.00. The van der Waals surface area contributed by atoms with E-state index in [-0.39, 0.29) is 0 Å². The van der Waals surface area contributed by atoms with Gasteiger partial charge in [-0.15, -0.1) is 0 Å². The number of aldehydes is 1. The highest BCUT2D eigenvalue weighted by atomic mass is 16.3. The van der Waals surface area contributed by atoms with E-state index in [4.69, 9.17) is 9.95 Å². The van der Waals surface area contributed by atoms with Crippen molar-refractivity contribution in [1.82, 2.24) is 0 Å². The van der Waals surface area contributed by atoms with Crippen LogP contribution in [0, 0.1) is 0 Å². The normalized spacial score (nSPS) is 10.8. The van der Waals surface area contributed by atoms with Gasteiger partial charge in [-0.3, -0.25) is 4.79 Å². The Labute approximate surface area is 109 Å². The number of hydrogen-bond donors (Lipinski definition) is 0. The van der Waals surface area contributed by atoms with Crippen molar-refractivity contribution >= 4 is 17.5 Å². The molecule has 0 bridgehead atoms. The van der Waals surface area contributed by atoms with Crippen LogP contribution in [-0.2, 0) is 11.2 Å². The van der Waals surface area contributed by atoms with Crippen LogP contribution in [0.5, 0.6) is 0 Å². The predicted molar refractivity (Wildman–Crippen MR) is 71.7 cm³/mol. The van der Waals surface area contributed by atoms with Gasteiger partial charge in [0.05, 0.1) is 6.26 Å². The van der Waals surface area contributed by atoms with Crippen molar-refractivity contribution in [3.63, 3.8) is 0 Å². The fraction of sp³-hybridized carbons (Fsp3) is 0.0714. The van der Waals surface area contributed by atoms with Crippen LogP contribution in [-0.4, -0.2) is 6.29 Å².